The summed E-state index contributed by atoms with van der Waals surface area (Å²) in [7, 11) is 0. The molecule has 0 radical (unpaired) electrons. The Hall–Kier alpha value is -0.330. The standard InChI is InChI=1S/C49H98O/c1-3-5-7-9-11-13-15-17-19-21-22-23-24-25-26-27-28-29-30-31-32-34-36-38-40-42-44-46-48-49(50)47-45-43-41-39-37-35-33-20-18-16-14-12-10-8-6-4-2/h3-48H2,1-2H3. The molecule has 1 nitrogen and oxygen atoms in total. The van der Waals surface area contributed by atoms with Gasteiger partial charge in [-0.3, -0.25) is 4.79 Å². The Kier molecular flexibility index (Phi) is 46.4. The van der Waals surface area contributed by atoms with Gasteiger partial charge in [0.25, 0.3) is 0 Å². The molecular weight excluding hydrogens is 605 g/mol. The van der Waals surface area contributed by atoms with E-state index in [0.29, 0.717) is 5.78 Å². The fourth-order valence-corrected chi connectivity index (χ4v) is 7.99. The van der Waals surface area contributed by atoms with E-state index in [9.17, 15) is 4.79 Å². The van der Waals surface area contributed by atoms with E-state index in [0.717, 1.165) is 25.7 Å². The Morgan fingerprint density at radius 1 is 0.200 bits per heavy atom. The predicted octanol–water partition coefficient (Wildman–Crippen LogP) is 18.5. The molecule has 0 aliphatic heterocycles. The molecule has 0 rings (SSSR count). The van der Waals surface area contributed by atoms with Gasteiger partial charge < -0.3 is 0 Å². The average Bonchev–Trinajstić information content (AvgIpc) is 3.12. The van der Waals surface area contributed by atoms with Crippen molar-refractivity contribution in [3.8, 4) is 0 Å². The van der Waals surface area contributed by atoms with Crippen LogP contribution >= 0.6 is 0 Å². The van der Waals surface area contributed by atoms with Crippen LogP contribution < -0.4 is 0 Å². The molecule has 0 aromatic heterocycles. The van der Waals surface area contributed by atoms with E-state index in [1.54, 1.807) is 0 Å². The van der Waals surface area contributed by atoms with E-state index in [2.05, 4.69) is 13.8 Å². The molecule has 0 saturated heterocycles. The number of hydrogen-bond acceptors (Lipinski definition) is 1. The summed E-state index contributed by atoms with van der Waals surface area (Å²) >= 11 is 0. The lowest BCUT2D eigenvalue weighted by molar-refractivity contribution is -0.119. The van der Waals surface area contributed by atoms with E-state index in [4.69, 9.17) is 0 Å². The van der Waals surface area contributed by atoms with Crippen molar-refractivity contribution >= 4 is 5.78 Å². The number of hydrogen-bond donors (Lipinski definition) is 0. The van der Waals surface area contributed by atoms with Crippen molar-refractivity contribution in [3.05, 3.63) is 0 Å². The lowest BCUT2D eigenvalue weighted by Crippen LogP contribution is -1.97. The molecule has 0 aromatic rings. The van der Waals surface area contributed by atoms with Crippen LogP contribution in [0.25, 0.3) is 0 Å². The van der Waals surface area contributed by atoms with Gasteiger partial charge in [0.05, 0.1) is 0 Å². The second kappa shape index (κ2) is 46.7. The first-order valence-corrected chi connectivity index (χ1v) is 24.3. The summed E-state index contributed by atoms with van der Waals surface area (Å²) in [5.41, 5.74) is 0. The minimum atomic E-state index is 0.533. The highest BCUT2D eigenvalue weighted by molar-refractivity contribution is 5.78. The van der Waals surface area contributed by atoms with Crippen molar-refractivity contribution in [2.45, 2.75) is 309 Å². The number of carbonyl (C=O) groups is 1. The molecule has 0 aliphatic carbocycles. The van der Waals surface area contributed by atoms with Crippen LogP contribution in [0.5, 0.6) is 0 Å². The molecule has 0 aromatic carbocycles. The number of ketones is 1. The van der Waals surface area contributed by atoms with Crippen LogP contribution in [0, 0.1) is 0 Å². The summed E-state index contributed by atoms with van der Waals surface area (Å²) in [5.74, 6) is 0.533. The van der Waals surface area contributed by atoms with Crippen molar-refractivity contribution in [1.29, 1.82) is 0 Å². The monoisotopic (exact) mass is 703 g/mol. The van der Waals surface area contributed by atoms with Gasteiger partial charge in [0.1, 0.15) is 5.78 Å². The van der Waals surface area contributed by atoms with E-state index in [1.165, 1.54) is 270 Å². The lowest BCUT2D eigenvalue weighted by atomic mass is 10.0. The van der Waals surface area contributed by atoms with Crippen molar-refractivity contribution in [3.63, 3.8) is 0 Å². The van der Waals surface area contributed by atoms with Crippen molar-refractivity contribution < 1.29 is 4.79 Å². The van der Waals surface area contributed by atoms with Crippen molar-refractivity contribution in [2.24, 2.45) is 0 Å². The quantitative estimate of drug-likeness (QED) is 0.0577. The molecule has 300 valence electrons. The molecule has 0 heterocycles. The topological polar surface area (TPSA) is 17.1 Å². The molecule has 1 heteroatoms. The van der Waals surface area contributed by atoms with Crippen LogP contribution in [-0.4, -0.2) is 5.78 Å². The first-order chi connectivity index (χ1) is 24.8. The van der Waals surface area contributed by atoms with Gasteiger partial charge in [-0.05, 0) is 12.8 Å². The van der Waals surface area contributed by atoms with Gasteiger partial charge in [-0.15, -0.1) is 0 Å². The van der Waals surface area contributed by atoms with Crippen LogP contribution in [0.1, 0.15) is 309 Å². The van der Waals surface area contributed by atoms with Crippen molar-refractivity contribution in [2.75, 3.05) is 0 Å². The number of unbranched alkanes of at least 4 members (excludes halogenated alkanes) is 42. The third kappa shape index (κ3) is 45.7. The molecular formula is C49H98O. The van der Waals surface area contributed by atoms with Gasteiger partial charge in [-0.1, -0.05) is 284 Å². The van der Waals surface area contributed by atoms with E-state index >= 15 is 0 Å². The molecule has 0 spiro atoms. The zero-order chi connectivity index (χ0) is 36.1. The van der Waals surface area contributed by atoms with Gasteiger partial charge in [-0.25, -0.2) is 0 Å². The average molecular weight is 703 g/mol. The highest BCUT2D eigenvalue weighted by Crippen LogP contribution is 2.18. The first-order valence-electron chi connectivity index (χ1n) is 24.3. The van der Waals surface area contributed by atoms with E-state index in [-0.39, 0.29) is 0 Å². The SMILES string of the molecule is CCCCCCCCCCCCCCCCCCCCCCCCCCCCCCC(=O)CCCCCCCCCCCCCCCCCC. The van der Waals surface area contributed by atoms with E-state index in [1.807, 2.05) is 0 Å². The fourth-order valence-electron chi connectivity index (χ4n) is 7.99. The lowest BCUT2D eigenvalue weighted by Gasteiger charge is -2.05. The zero-order valence-electron chi connectivity index (χ0n) is 35.4. The highest BCUT2D eigenvalue weighted by atomic mass is 16.1. The Balaban J connectivity index is 3.13. The van der Waals surface area contributed by atoms with Gasteiger partial charge in [0.15, 0.2) is 0 Å². The summed E-state index contributed by atoms with van der Waals surface area (Å²) in [6.07, 6.45) is 64.3. The molecule has 0 saturated carbocycles. The predicted molar refractivity (Wildman–Crippen MR) is 229 cm³/mol. The Morgan fingerprint density at radius 3 is 0.460 bits per heavy atom. The molecule has 0 N–H and O–H groups in total. The third-order valence-electron chi connectivity index (χ3n) is 11.6. The highest BCUT2D eigenvalue weighted by Gasteiger charge is 2.03. The number of carbonyl (C=O) groups excluding carboxylic acids is 1. The van der Waals surface area contributed by atoms with Crippen LogP contribution in [0.4, 0.5) is 0 Å². The Morgan fingerprint density at radius 2 is 0.320 bits per heavy atom. The van der Waals surface area contributed by atoms with Crippen LogP contribution in [-0.2, 0) is 4.79 Å². The fraction of sp³-hybridized carbons (Fsp3) is 0.980. The third-order valence-corrected chi connectivity index (χ3v) is 11.6. The number of rotatable bonds is 46. The molecule has 0 bridgehead atoms. The normalized spacial score (nSPS) is 11.6. The second-order valence-corrected chi connectivity index (χ2v) is 16.9. The van der Waals surface area contributed by atoms with Gasteiger partial charge in [0, 0.05) is 12.8 Å². The molecule has 0 amide bonds. The molecule has 0 atom stereocenters. The number of Topliss-reactive ketones (excluding diaryl/α,β-unsaturated/α-hetero) is 1. The maximum atomic E-state index is 12.2. The zero-order valence-corrected chi connectivity index (χ0v) is 35.4. The molecule has 0 aliphatic rings. The van der Waals surface area contributed by atoms with Crippen LogP contribution in [0.15, 0.2) is 0 Å². The summed E-state index contributed by atoms with van der Waals surface area (Å²) in [5, 5.41) is 0. The largest absolute Gasteiger partial charge is 0.300 e. The Bertz CT molecular complexity index is 596. The molecule has 0 fully saturated rings. The smallest absolute Gasteiger partial charge is 0.132 e. The first kappa shape index (κ1) is 49.7. The van der Waals surface area contributed by atoms with Gasteiger partial charge >= 0.3 is 0 Å². The van der Waals surface area contributed by atoms with Crippen molar-refractivity contribution in [1.82, 2.24) is 0 Å². The summed E-state index contributed by atoms with van der Waals surface area (Å²) < 4.78 is 0. The minimum Gasteiger partial charge on any atom is -0.300 e. The van der Waals surface area contributed by atoms with Crippen LogP contribution in [0.3, 0.4) is 0 Å². The summed E-state index contributed by atoms with van der Waals surface area (Å²) in [6, 6.07) is 0. The maximum Gasteiger partial charge on any atom is 0.132 e. The molecule has 50 heavy (non-hydrogen) atoms. The van der Waals surface area contributed by atoms with Gasteiger partial charge in [0.2, 0.25) is 0 Å². The van der Waals surface area contributed by atoms with Gasteiger partial charge in [-0.2, -0.15) is 0 Å². The maximum absolute atomic E-state index is 12.2. The summed E-state index contributed by atoms with van der Waals surface area (Å²) in [6.45, 7) is 4.61. The van der Waals surface area contributed by atoms with E-state index < -0.39 is 0 Å². The second-order valence-electron chi connectivity index (χ2n) is 16.9. The minimum absolute atomic E-state index is 0.533. The van der Waals surface area contributed by atoms with Crippen LogP contribution in [0.2, 0.25) is 0 Å². The summed E-state index contributed by atoms with van der Waals surface area (Å²) in [4.78, 5) is 12.2. The molecule has 0 unspecified atom stereocenters. The Labute approximate surface area is 318 Å².